The van der Waals surface area contributed by atoms with Crippen molar-refractivity contribution < 1.29 is 4.79 Å². The zero-order valence-electron chi connectivity index (χ0n) is 9.91. The smallest absolute Gasteiger partial charge is 0.223 e. The largest absolute Gasteiger partial charge is 0.343 e. The van der Waals surface area contributed by atoms with Crippen molar-refractivity contribution in [3.63, 3.8) is 0 Å². The van der Waals surface area contributed by atoms with E-state index in [-0.39, 0.29) is 0 Å². The van der Waals surface area contributed by atoms with Crippen molar-refractivity contribution in [1.29, 1.82) is 0 Å². The Morgan fingerprint density at radius 2 is 1.94 bits per heavy atom. The molecule has 0 bridgehead atoms. The summed E-state index contributed by atoms with van der Waals surface area (Å²) >= 11 is 2.04. The number of nitrogens with one attached hydrogen (secondary N) is 1. The van der Waals surface area contributed by atoms with Crippen molar-refractivity contribution in [2.75, 3.05) is 31.1 Å². The summed E-state index contributed by atoms with van der Waals surface area (Å²) in [5.41, 5.74) is 0. The van der Waals surface area contributed by atoms with Crippen molar-refractivity contribution in [1.82, 2.24) is 10.2 Å². The van der Waals surface area contributed by atoms with Crippen LogP contribution in [0.5, 0.6) is 0 Å². The van der Waals surface area contributed by atoms with E-state index in [0.717, 1.165) is 19.6 Å². The molecule has 0 aromatic carbocycles. The third-order valence-electron chi connectivity index (χ3n) is 3.45. The molecule has 16 heavy (non-hydrogen) atoms. The second-order valence-corrected chi connectivity index (χ2v) is 5.90. The third kappa shape index (κ3) is 3.67. The monoisotopic (exact) mass is 242 g/mol. The quantitative estimate of drug-likeness (QED) is 0.810. The molecule has 0 spiro atoms. The van der Waals surface area contributed by atoms with E-state index >= 15 is 0 Å². The van der Waals surface area contributed by atoms with Crippen LogP contribution in [0.1, 0.15) is 32.1 Å². The molecular weight excluding hydrogens is 220 g/mol. The molecule has 0 atom stereocenters. The Labute approximate surface area is 102 Å². The summed E-state index contributed by atoms with van der Waals surface area (Å²) < 4.78 is 0. The van der Waals surface area contributed by atoms with Gasteiger partial charge in [-0.25, -0.2) is 0 Å². The minimum Gasteiger partial charge on any atom is -0.343 e. The van der Waals surface area contributed by atoms with Gasteiger partial charge in [0.2, 0.25) is 5.91 Å². The van der Waals surface area contributed by atoms with Crippen molar-refractivity contribution >= 4 is 17.7 Å². The maximum atomic E-state index is 11.8. The van der Waals surface area contributed by atoms with Crippen molar-refractivity contribution in [3.8, 4) is 0 Å². The van der Waals surface area contributed by atoms with Crippen molar-refractivity contribution in [3.05, 3.63) is 0 Å². The maximum Gasteiger partial charge on any atom is 0.223 e. The fourth-order valence-corrected chi connectivity index (χ4v) is 3.52. The molecule has 92 valence electrons. The van der Waals surface area contributed by atoms with E-state index in [2.05, 4.69) is 5.32 Å². The molecular formula is C12H22N2OS. The number of hydrogen-bond acceptors (Lipinski definition) is 3. The van der Waals surface area contributed by atoms with Gasteiger partial charge in [-0.2, -0.15) is 11.8 Å². The summed E-state index contributed by atoms with van der Waals surface area (Å²) in [4.78, 5) is 13.8. The van der Waals surface area contributed by atoms with Gasteiger partial charge in [0.15, 0.2) is 0 Å². The van der Waals surface area contributed by atoms with Gasteiger partial charge < -0.3 is 10.2 Å². The number of rotatable bonds is 4. The molecule has 0 radical (unpaired) electrons. The van der Waals surface area contributed by atoms with E-state index in [1.165, 1.54) is 37.2 Å². The Kier molecular flexibility index (Phi) is 4.97. The maximum absolute atomic E-state index is 11.8. The third-order valence-corrected chi connectivity index (χ3v) is 4.50. The van der Waals surface area contributed by atoms with Crippen LogP contribution in [0.4, 0.5) is 0 Å². The number of hydrogen-bond donors (Lipinski definition) is 1. The van der Waals surface area contributed by atoms with Crippen molar-refractivity contribution in [2.24, 2.45) is 0 Å². The van der Waals surface area contributed by atoms with Crippen LogP contribution < -0.4 is 5.32 Å². The number of amides is 1. The second kappa shape index (κ2) is 6.50. The highest BCUT2D eigenvalue weighted by Gasteiger charge is 2.18. The van der Waals surface area contributed by atoms with Crippen LogP contribution in [0.2, 0.25) is 0 Å². The van der Waals surface area contributed by atoms with Crippen LogP contribution >= 0.6 is 11.8 Å². The zero-order valence-corrected chi connectivity index (χ0v) is 10.7. The highest BCUT2D eigenvalue weighted by molar-refractivity contribution is 7.99. The lowest BCUT2D eigenvalue weighted by molar-refractivity contribution is -0.130. The topological polar surface area (TPSA) is 32.3 Å². The number of likely N-dealkylation sites (tertiary alicyclic amines) is 1. The highest BCUT2D eigenvalue weighted by Crippen LogP contribution is 2.16. The Morgan fingerprint density at radius 3 is 2.62 bits per heavy atom. The first kappa shape index (κ1) is 12.2. The fourth-order valence-electron chi connectivity index (χ4n) is 2.41. The van der Waals surface area contributed by atoms with Crippen LogP contribution in [0, 0.1) is 0 Å². The Bertz CT molecular complexity index is 223. The van der Waals surface area contributed by atoms with Gasteiger partial charge in [-0.1, -0.05) is 0 Å². The van der Waals surface area contributed by atoms with E-state index in [4.69, 9.17) is 0 Å². The average Bonchev–Trinajstić information content (AvgIpc) is 2.84. The molecule has 2 rings (SSSR count). The van der Waals surface area contributed by atoms with Crippen LogP contribution in [-0.2, 0) is 4.79 Å². The van der Waals surface area contributed by atoms with Gasteiger partial charge in [0.05, 0.1) is 0 Å². The van der Waals surface area contributed by atoms with Gasteiger partial charge in [-0.15, -0.1) is 0 Å². The molecule has 1 N–H and O–H groups in total. The number of nitrogens with zero attached hydrogens (tertiary/aromatic N) is 1. The van der Waals surface area contributed by atoms with Crippen LogP contribution in [-0.4, -0.2) is 48.0 Å². The van der Waals surface area contributed by atoms with E-state index in [9.17, 15) is 4.79 Å². The average molecular weight is 242 g/mol. The van der Waals surface area contributed by atoms with E-state index in [1.807, 2.05) is 16.7 Å². The highest BCUT2D eigenvalue weighted by atomic mass is 32.2. The molecule has 0 unspecified atom stereocenters. The predicted molar refractivity (Wildman–Crippen MR) is 68.8 cm³/mol. The second-order valence-electron chi connectivity index (χ2n) is 4.68. The minimum absolute atomic E-state index is 0.343. The van der Waals surface area contributed by atoms with Gasteiger partial charge in [0.1, 0.15) is 0 Å². The SMILES string of the molecule is O=C(CCNC1CCSCC1)N1CCCC1. The molecule has 3 nitrogen and oxygen atoms in total. The molecule has 2 aliphatic rings. The van der Waals surface area contributed by atoms with Crippen LogP contribution in [0.15, 0.2) is 0 Å². The van der Waals surface area contributed by atoms with Crippen LogP contribution in [0.25, 0.3) is 0 Å². The summed E-state index contributed by atoms with van der Waals surface area (Å²) in [7, 11) is 0. The molecule has 0 aliphatic carbocycles. The van der Waals surface area contributed by atoms with Gasteiger partial charge >= 0.3 is 0 Å². The first-order chi connectivity index (χ1) is 7.86. The Balaban J connectivity index is 1.57. The molecule has 0 saturated carbocycles. The number of thioether (sulfide) groups is 1. The predicted octanol–water partition coefficient (Wildman–Crippen LogP) is 1.48. The molecule has 2 aliphatic heterocycles. The minimum atomic E-state index is 0.343. The summed E-state index contributed by atoms with van der Waals surface area (Å²) in [6.07, 6.45) is 5.60. The summed E-state index contributed by atoms with van der Waals surface area (Å²) in [6, 6.07) is 0.660. The lowest BCUT2D eigenvalue weighted by Gasteiger charge is -2.23. The summed E-state index contributed by atoms with van der Waals surface area (Å²) in [5, 5.41) is 3.52. The van der Waals surface area contributed by atoms with Gasteiger partial charge in [-0.3, -0.25) is 4.79 Å². The number of carbonyl (C=O) groups excluding carboxylic acids is 1. The number of carbonyl (C=O) groups is 1. The first-order valence-corrected chi connectivity index (χ1v) is 7.60. The zero-order chi connectivity index (χ0) is 11.2. The summed E-state index contributed by atoms with van der Waals surface area (Å²) in [5.74, 6) is 2.89. The van der Waals surface area contributed by atoms with Crippen molar-refractivity contribution in [2.45, 2.75) is 38.1 Å². The summed E-state index contributed by atoms with van der Waals surface area (Å²) in [6.45, 7) is 2.84. The Morgan fingerprint density at radius 1 is 1.25 bits per heavy atom. The molecule has 2 heterocycles. The lowest BCUT2D eigenvalue weighted by Crippen LogP contribution is -2.36. The van der Waals surface area contributed by atoms with Gasteiger partial charge in [-0.05, 0) is 37.2 Å². The Hall–Kier alpha value is -0.220. The molecule has 0 aromatic heterocycles. The van der Waals surface area contributed by atoms with Gasteiger partial charge in [0, 0.05) is 32.1 Å². The van der Waals surface area contributed by atoms with Crippen LogP contribution in [0.3, 0.4) is 0 Å². The standard InChI is InChI=1S/C12H22N2OS/c15-12(14-7-1-2-8-14)3-6-13-11-4-9-16-10-5-11/h11,13H,1-10H2. The lowest BCUT2D eigenvalue weighted by atomic mass is 10.1. The van der Waals surface area contributed by atoms with Gasteiger partial charge in [0.25, 0.3) is 0 Å². The normalized spacial score (nSPS) is 22.6. The first-order valence-electron chi connectivity index (χ1n) is 6.45. The molecule has 0 aromatic rings. The molecule has 2 fully saturated rings. The molecule has 1 amide bonds. The molecule has 4 heteroatoms. The van der Waals surface area contributed by atoms with E-state index < -0.39 is 0 Å². The van der Waals surface area contributed by atoms with E-state index in [0.29, 0.717) is 18.4 Å². The molecule has 2 saturated heterocycles. The van der Waals surface area contributed by atoms with E-state index in [1.54, 1.807) is 0 Å². The fraction of sp³-hybridized carbons (Fsp3) is 0.917.